The van der Waals surface area contributed by atoms with E-state index in [0.29, 0.717) is 5.02 Å². The Bertz CT molecular complexity index is 516. The molecule has 3 nitrogen and oxygen atoms in total. The molecule has 1 heterocycles. The third-order valence-corrected chi connectivity index (χ3v) is 2.52. The zero-order valence-electron chi connectivity index (χ0n) is 8.92. The van der Waals surface area contributed by atoms with Gasteiger partial charge in [0.25, 0.3) is 0 Å². The number of hydrogen-bond donors (Lipinski definition) is 2. The number of nitrogens with zero attached hydrogens (tertiary/aromatic N) is 1. The van der Waals surface area contributed by atoms with Crippen LogP contribution in [0.15, 0.2) is 37.0 Å². The van der Waals surface area contributed by atoms with Crippen LogP contribution in [0.5, 0.6) is 0 Å². The Balaban J connectivity index is 2.17. The number of aromatic amines is 1. The second-order valence-electron chi connectivity index (χ2n) is 3.47. The van der Waals surface area contributed by atoms with E-state index in [1.807, 2.05) is 31.2 Å². The molecule has 0 bridgehead atoms. The third-order valence-electron chi connectivity index (χ3n) is 2.19. The number of imidazole rings is 1. The highest BCUT2D eigenvalue weighted by Gasteiger charge is 2.04. The summed E-state index contributed by atoms with van der Waals surface area (Å²) in [6.07, 6.45) is 1.74. The highest BCUT2D eigenvalue weighted by Crippen LogP contribution is 2.23. The first-order valence-corrected chi connectivity index (χ1v) is 5.27. The van der Waals surface area contributed by atoms with Crippen LogP contribution in [0, 0.1) is 6.92 Å². The summed E-state index contributed by atoms with van der Waals surface area (Å²) in [5.41, 5.74) is 2.44. The van der Waals surface area contributed by atoms with Gasteiger partial charge in [-0.2, -0.15) is 0 Å². The SMILES string of the molecule is C=C(Nc1ccccc1Cl)c1cnc(C)[nH]1. The van der Waals surface area contributed by atoms with E-state index in [1.165, 1.54) is 0 Å². The molecule has 1 aromatic carbocycles. The van der Waals surface area contributed by atoms with Gasteiger partial charge in [-0.05, 0) is 19.1 Å². The van der Waals surface area contributed by atoms with Crippen molar-refractivity contribution in [1.29, 1.82) is 0 Å². The van der Waals surface area contributed by atoms with Crippen LogP contribution < -0.4 is 5.32 Å². The van der Waals surface area contributed by atoms with E-state index in [4.69, 9.17) is 11.6 Å². The molecule has 2 rings (SSSR count). The Labute approximate surface area is 99.2 Å². The van der Waals surface area contributed by atoms with Crippen LogP contribution in [0.25, 0.3) is 5.70 Å². The summed E-state index contributed by atoms with van der Waals surface area (Å²) in [5.74, 6) is 0.858. The van der Waals surface area contributed by atoms with Crippen molar-refractivity contribution in [3.63, 3.8) is 0 Å². The summed E-state index contributed by atoms with van der Waals surface area (Å²) in [6, 6.07) is 7.53. The van der Waals surface area contributed by atoms with Crippen molar-refractivity contribution in [1.82, 2.24) is 9.97 Å². The highest BCUT2D eigenvalue weighted by atomic mass is 35.5. The standard InChI is InChI=1S/C12H12ClN3/c1-8(12-7-14-9(2)16-12)15-11-6-4-3-5-10(11)13/h3-7,15H,1H2,2H3,(H,14,16). The minimum absolute atomic E-state index is 0.667. The number of halogens is 1. The van der Waals surface area contributed by atoms with E-state index in [9.17, 15) is 0 Å². The van der Waals surface area contributed by atoms with Crippen molar-refractivity contribution in [3.05, 3.63) is 53.6 Å². The molecule has 82 valence electrons. The van der Waals surface area contributed by atoms with Crippen molar-refractivity contribution < 1.29 is 0 Å². The van der Waals surface area contributed by atoms with Crippen LogP contribution >= 0.6 is 11.6 Å². The van der Waals surface area contributed by atoms with Crippen molar-refractivity contribution in [2.24, 2.45) is 0 Å². The lowest BCUT2D eigenvalue weighted by molar-refractivity contribution is 1.14. The fourth-order valence-electron chi connectivity index (χ4n) is 1.37. The van der Waals surface area contributed by atoms with Crippen LogP contribution in [0.2, 0.25) is 5.02 Å². The number of nitrogens with one attached hydrogen (secondary N) is 2. The average Bonchev–Trinajstić information content (AvgIpc) is 2.68. The van der Waals surface area contributed by atoms with Crippen LogP contribution in [0.4, 0.5) is 5.69 Å². The van der Waals surface area contributed by atoms with Crippen LogP contribution in [0.3, 0.4) is 0 Å². The minimum Gasteiger partial charge on any atom is -0.353 e. The van der Waals surface area contributed by atoms with Crippen molar-refractivity contribution in [2.75, 3.05) is 5.32 Å². The summed E-state index contributed by atoms with van der Waals surface area (Å²) < 4.78 is 0. The van der Waals surface area contributed by atoms with Gasteiger partial charge in [0.05, 0.1) is 28.3 Å². The third kappa shape index (κ3) is 2.25. The number of aryl methyl sites for hydroxylation is 1. The van der Waals surface area contributed by atoms with Crippen molar-refractivity contribution >= 4 is 23.0 Å². The number of aromatic nitrogens is 2. The summed E-state index contributed by atoms with van der Waals surface area (Å²) in [4.78, 5) is 7.21. The monoisotopic (exact) mass is 233 g/mol. The number of hydrogen-bond acceptors (Lipinski definition) is 2. The van der Waals surface area contributed by atoms with E-state index in [1.54, 1.807) is 6.20 Å². The molecule has 4 heteroatoms. The lowest BCUT2D eigenvalue weighted by Gasteiger charge is -2.09. The molecule has 1 aromatic heterocycles. The first-order valence-electron chi connectivity index (χ1n) is 4.89. The number of H-pyrrole nitrogens is 1. The number of rotatable bonds is 3. The second kappa shape index (κ2) is 4.41. The van der Waals surface area contributed by atoms with Gasteiger partial charge in [0.15, 0.2) is 0 Å². The molecule has 0 aliphatic heterocycles. The Morgan fingerprint density at radius 1 is 1.44 bits per heavy atom. The average molecular weight is 234 g/mol. The number of anilines is 1. The van der Waals surface area contributed by atoms with Gasteiger partial charge in [0.2, 0.25) is 0 Å². The van der Waals surface area contributed by atoms with Crippen LogP contribution in [-0.4, -0.2) is 9.97 Å². The molecular formula is C12H12ClN3. The molecule has 0 spiro atoms. The Kier molecular flexibility index (Phi) is 2.97. The molecule has 16 heavy (non-hydrogen) atoms. The van der Waals surface area contributed by atoms with Crippen molar-refractivity contribution in [3.8, 4) is 0 Å². The van der Waals surface area contributed by atoms with Gasteiger partial charge in [0, 0.05) is 0 Å². The predicted octanol–water partition coefficient (Wildman–Crippen LogP) is 3.45. The molecule has 2 aromatic rings. The van der Waals surface area contributed by atoms with Gasteiger partial charge in [-0.25, -0.2) is 4.98 Å². The number of para-hydroxylation sites is 1. The molecule has 0 fully saturated rings. The van der Waals surface area contributed by atoms with E-state index < -0.39 is 0 Å². The summed E-state index contributed by atoms with van der Waals surface area (Å²) in [6.45, 7) is 5.83. The maximum Gasteiger partial charge on any atom is 0.103 e. The van der Waals surface area contributed by atoms with Crippen molar-refractivity contribution in [2.45, 2.75) is 6.92 Å². The summed E-state index contributed by atoms with van der Waals surface area (Å²) in [7, 11) is 0. The largest absolute Gasteiger partial charge is 0.353 e. The highest BCUT2D eigenvalue weighted by molar-refractivity contribution is 6.33. The topological polar surface area (TPSA) is 40.7 Å². The minimum atomic E-state index is 0.667. The Hall–Kier alpha value is -1.74. The zero-order valence-corrected chi connectivity index (χ0v) is 9.67. The summed E-state index contributed by atoms with van der Waals surface area (Å²) >= 11 is 6.03. The smallest absolute Gasteiger partial charge is 0.103 e. The van der Waals surface area contributed by atoms with Crippen LogP contribution in [-0.2, 0) is 0 Å². The first-order chi connectivity index (χ1) is 7.66. The van der Waals surface area contributed by atoms with Gasteiger partial charge in [-0.3, -0.25) is 0 Å². The molecule has 2 N–H and O–H groups in total. The quantitative estimate of drug-likeness (QED) is 0.853. The first kappa shape index (κ1) is 10.8. The Morgan fingerprint density at radius 3 is 2.81 bits per heavy atom. The molecule has 0 atom stereocenters. The fourth-order valence-corrected chi connectivity index (χ4v) is 1.55. The number of benzene rings is 1. The molecule has 0 aliphatic carbocycles. The Morgan fingerprint density at radius 2 is 2.19 bits per heavy atom. The lowest BCUT2D eigenvalue weighted by atomic mass is 10.3. The van der Waals surface area contributed by atoms with E-state index in [0.717, 1.165) is 22.9 Å². The van der Waals surface area contributed by atoms with Gasteiger partial charge < -0.3 is 10.3 Å². The van der Waals surface area contributed by atoms with E-state index in [-0.39, 0.29) is 0 Å². The van der Waals surface area contributed by atoms with Crippen LogP contribution in [0.1, 0.15) is 11.5 Å². The maximum atomic E-state index is 6.03. The van der Waals surface area contributed by atoms with E-state index >= 15 is 0 Å². The summed E-state index contributed by atoms with van der Waals surface area (Å²) in [5, 5.41) is 3.81. The molecule has 0 saturated carbocycles. The zero-order chi connectivity index (χ0) is 11.5. The maximum absolute atomic E-state index is 6.03. The van der Waals surface area contributed by atoms with Gasteiger partial charge in [-0.15, -0.1) is 0 Å². The molecule has 0 radical (unpaired) electrons. The van der Waals surface area contributed by atoms with Gasteiger partial charge in [0.1, 0.15) is 5.82 Å². The molecule has 0 unspecified atom stereocenters. The van der Waals surface area contributed by atoms with Gasteiger partial charge >= 0.3 is 0 Å². The normalized spacial score (nSPS) is 10.1. The second-order valence-corrected chi connectivity index (χ2v) is 3.87. The fraction of sp³-hybridized carbons (Fsp3) is 0.0833. The molecular weight excluding hydrogens is 222 g/mol. The lowest BCUT2D eigenvalue weighted by Crippen LogP contribution is -1.98. The van der Waals surface area contributed by atoms with E-state index in [2.05, 4.69) is 21.9 Å². The molecule has 0 saturated heterocycles. The molecule has 0 aliphatic rings. The predicted molar refractivity (Wildman–Crippen MR) is 67.4 cm³/mol. The van der Waals surface area contributed by atoms with Gasteiger partial charge in [-0.1, -0.05) is 30.3 Å². The molecule has 0 amide bonds.